The second kappa shape index (κ2) is 5.91. The summed E-state index contributed by atoms with van der Waals surface area (Å²) >= 11 is 0. The Balaban J connectivity index is 1.90. The zero-order valence-corrected chi connectivity index (χ0v) is 12.4. The Labute approximate surface area is 116 Å². The molecular weight excluding hydrogens is 236 g/mol. The predicted molar refractivity (Wildman–Crippen MR) is 78.3 cm³/mol. The minimum absolute atomic E-state index is 0.141. The van der Waals surface area contributed by atoms with Gasteiger partial charge in [0.05, 0.1) is 6.61 Å². The first-order valence-corrected chi connectivity index (χ1v) is 7.30. The fourth-order valence-corrected chi connectivity index (χ4v) is 2.75. The molecule has 1 aliphatic rings. The number of ether oxygens (including phenoxy) is 1. The summed E-state index contributed by atoms with van der Waals surface area (Å²) in [5.41, 5.74) is 7.17. The fourth-order valence-electron chi connectivity index (χ4n) is 2.75. The molecule has 1 heterocycles. The largest absolute Gasteiger partial charge is 0.477 e. The van der Waals surface area contributed by atoms with Crippen LogP contribution in [0.3, 0.4) is 0 Å². The Morgan fingerprint density at radius 3 is 2.58 bits per heavy atom. The number of rotatable bonds is 4. The summed E-state index contributed by atoms with van der Waals surface area (Å²) in [4.78, 5) is 4.40. The van der Waals surface area contributed by atoms with Crippen LogP contribution in [0.4, 0.5) is 0 Å². The van der Waals surface area contributed by atoms with E-state index in [9.17, 15) is 0 Å². The molecule has 0 aromatic carbocycles. The zero-order valence-electron chi connectivity index (χ0n) is 12.4. The van der Waals surface area contributed by atoms with Crippen molar-refractivity contribution in [3.8, 4) is 5.88 Å². The molecule has 19 heavy (non-hydrogen) atoms. The Morgan fingerprint density at radius 1 is 1.26 bits per heavy atom. The summed E-state index contributed by atoms with van der Waals surface area (Å²) in [5, 5.41) is 0. The maximum atomic E-state index is 5.82. The average molecular weight is 262 g/mol. The lowest BCUT2D eigenvalue weighted by atomic mass is 9.88. The maximum absolute atomic E-state index is 5.82. The summed E-state index contributed by atoms with van der Waals surface area (Å²) in [6.07, 6.45) is 5.69. The predicted octanol–water partition coefficient (Wildman–Crippen LogP) is 3.13. The molecule has 0 amide bonds. The molecule has 3 heteroatoms. The van der Waals surface area contributed by atoms with Gasteiger partial charge in [-0.3, -0.25) is 0 Å². The number of pyridine rings is 1. The van der Waals surface area contributed by atoms with E-state index in [0.29, 0.717) is 11.8 Å². The van der Waals surface area contributed by atoms with E-state index in [1.807, 2.05) is 12.3 Å². The Morgan fingerprint density at radius 2 is 2.00 bits per heavy atom. The normalized spacial score (nSPS) is 23.6. The number of hydrogen-bond acceptors (Lipinski definition) is 3. The van der Waals surface area contributed by atoms with Gasteiger partial charge in [-0.15, -0.1) is 0 Å². The van der Waals surface area contributed by atoms with Crippen molar-refractivity contribution in [2.75, 3.05) is 13.2 Å². The van der Waals surface area contributed by atoms with Crippen molar-refractivity contribution in [3.63, 3.8) is 0 Å². The highest BCUT2D eigenvalue weighted by Crippen LogP contribution is 2.31. The van der Waals surface area contributed by atoms with Crippen LogP contribution in [0.25, 0.3) is 0 Å². The molecular formula is C16H26N2O. The summed E-state index contributed by atoms with van der Waals surface area (Å²) in [6, 6.07) is 4.09. The first-order valence-electron chi connectivity index (χ1n) is 7.30. The van der Waals surface area contributed by atoms with Gasteiger partial charge >= 0.3 is 0 Å². The van der Waals surface area contributed by atoms with E-state index in [-0.39, 0.29) is 5.41 Å². The minimum atomic E-state index is 0.141. The second-order valence-corrected chi connectivity index (χ2v) is 6.63. The monoisotopic (exact) mass is 262 g/mol. The molecule has 0 radical (unpaired) electrons. The van der Waals surface area contributed by atoms with Crippen LogP contribution < -0.4 is 10.5 Å². The van der Waals surface area contributed by atoms with E-state index < -0.39 is 0 Å². The van der Waals surface area contributed by atoms with Gasteiger partial charge < -0.3 is 10.5 Å². The number of nitrogens with zero attached hydrogens (tertiary/aromatic N) is 1. The molecule has 2 atom stereocenters. The zero-order chi connectivity index (χ0) is 13.9. The van der Waals surface area contributed by atoms with Crippen molar-refractivity contribution >= 4 is 0 Å². The molecule has 0 aliphatic heterocycles. The van der Waals surface area contributed by atoms with Crippen LogP contribution in [0.2, 0.25) is 0 Å². The van der Waals surface area contributed by atoms with Gasteiger partial charge in [-0.1, -0.05) is 33.3 Å². The topological polar surface area (TPSA) is 48.1 Å². The Hall–Kier alpha value is -1.09. The molecule has 0 saturated heterocycles. The van der Waals surface area contributed by atoms with E-state index >= 15 is 0 Å². The second-order valence-electron chi connectivity index (χ2n) is 6.63. The molecule has 0 bridgehead atoms. The molecule has 3 nitrogen and oxygen atoms in total. The van der Waals surface area contributed by atoms with Crippen LogP contribution >= 0.6 is 0 Å². The number of hydrogen-bond donors (Lipinski definition) is 1. The molecule has 1 aliphatic carbocycles. The third-order valence-corrected chi connectivity index (χ3v) is 4.17. The van der Waals surface area contributed by atoms with E-state index in [1.165, 1.54) is 24.8 Å². The van der Waals surface area contributed by atoms with Gasteiger partial charge in [-0.05, 0) is 42.2 Å². The van der Waals surface area contributed by atoms with Gasteiger partial charge in [0.2, 0.25) is 5.88 Å². The summed E-state index contributed by atoms with van der Waals surface area (Å²) in [6.45, 7) is 8.10. The average Bonchev–Trinajstić information content (AvgIpc) is 2.83. The molecule has 106 valence electrons. The van der Waals surface area contributed by atoms with Crippen molar-refractivity contribution < 1.29 is 4.74 Å². The van der Waals surface area contributed by atoms with E-state index in [1.54, 1.807) is 0 Å². The molecule has 2 rings (SSSR count). The van der Waals surface area contributed by atoms with Crippen LogP contribution in [0.1, 0.15) is 45.6 Å². The van der Waals surface area contributed by atoms with Crippen molar-refractivity contribution in [3.05, 3.63) is 23.9 Å². The Bertz CT molecular complexity index is 394. The lowest BCUT2D eigenvalue weighted by Crippen LogP contribution is -2.23. The smallest absolute Gasteiger partial charge is 0.213 e. The first kappa shape index (κ1) is 14.3. The molecule has 2 unspecified atom stereocenters. The number of aromatic nitrogens is 1. The molecule has 0 spiro atoms. The summed E-state index contributed by atoms with van der Waals surface area (Å²) in [7, 11) is 0. The van der Waals surface area contributed by atoms with Gasteiger partial charge in [-0.2, -0.15) is 0 Å². The van der Waals surface area contributed by atoms with Crippen LogP contribution in [0.5, 0.6) is 5.88 Å². The van der Waals surface area contributed by atoms with Crippen LogP contribution in [-0.2, 0) is 5.41 Å². The molecule has 1 fully saturated rings. The van der Waals surface area contributed by atoms with Gasteiger partial charge in [-0.25, -0.2) is 4.98 Å². The molecule has 1 aromatic heterocycles. The maximum Gasteiger partial charge on any atom is 0.213 e. The standard InChI is InChI=1S/C16H26N2O/c1-16(2,3)14-7-8-15(18-10-14)19-11-13-6-4-5-12(13)9-17/h7-8,10,12-13H,4-6,9,11,17H2,1-3H3. The third kappa shape index (κ3) is 3.69. The summed E-state index contributed by atoms with van der Waals surface area (Å²) < 4.78 is 5.82. The quantitative estimate of drug-likeness (QED) is 0.907. The summed E-state index contributed by atoms with van der Waals surface area (Å²) in [5.74, 6) is 1.97. The van der Waals surface area contributed by atoms with Gasteiger partial charge in [0.25, 0.3) is 0 Å². The SMILES string of the molecule is CC(C)(C)c1ccc(OCC2CCCC2CN)nc1. The third-order valence-electron chi connectivity index (χ3n) is 4.17. The minimum Gasteiger partial charge on any atom is -0.477 e. The van der Waals surface area contributed by atoms with Crippen LogP contribution in [0, 0.1) is 11.8 Å². The highest BCUT2D eigenvalue weighted by atomic mass is 16.5. The highest BCUT2D eigenvalue weighted by molar-refractivity contribution is 5.23. The Kier molecular flexibility index (Phi) is 4.46. The fraction of sp³-hybridized carbons (Fsp3) is 0.688. The van der Waals surface area contributed by atoms with Crippen molar-refractivity contribution in [1.29, 1.82) is 0 Å². The van der Waals surface area contributed by atoms with E-state index in [4.69, 9.17) is 10.5 Å². The lowest BCUT2D eigenvalue weighted by Gasteiger charge is -2.20. The van der Waals surface area contributed by atoms with Gasteiger partial charge in [0, 0.05) is 12.3 Å². The molecule has 1 aromatic rings. The highest BCUT2D eigenvalue weighted by Gasteiger charge is 2.26. The van der Waals surface area contributed by atoms with Gasteiger partial charge in [0.1, 0.15) is 0 Å². The van der Waals surface area contributed by atoms with Crippen molar-refractivity contribution in [1.82, 2.24) is 4.98 Å². The van der Waals surface area contributed by atoms with Gasteiger partial charge in [0.15, 0.2) is 0 Å². The van der Waals surface area contributed by atoms with Crippen LogP contribution in [0.15, 0.2) is 18.3 Å². The van der Waals surface area contributed by atoms with Crippen molar-refractivity contribution in [2.24, 2.45) is 17.6 Å². The lowest BCUT2D eigenvalue weighted by molar-refractivity contribution is 0.210. The van der Waals surface area contributed by atoms with E-state index in [2.05, 4.69) is 31.8 Å². The molecule has 2 N–H and O–H groups in total. The first-order chi connectivity index (χ1) is 9.00. The van der Waals surface area contributed by atoms with Crippen molar-refractivity contribution in [2.45, 2.75) is 45.4 Å². The molecule has 1 saturated carbocycles. The van der Waals surface area contributed by atoms with E-state index in [0.717, 1.165) is 19.0 Å². The van der Waals surface area contributed by atoms with Crippen LogP contribution in [-0.4, -0.2) is 18.1 Å². The number of nitrogens with two attached hydrogens (primary N) is 1.